The van der Waals surface area contributed by atoms with Crippen LogP contribution in [-0.4, -0.2) is 32.6 Å². The first-order chi connectivity index (χ1) is 9.70. The molecule has 0 amide bonds. The Labute approximate surface area is 114 Å². The van der Waals surface area contributed by atoms with Gasteiger partial charge in [-0.15, -0.1) is 10.2 Å². The molecule has 104 valence electrons. The first-order valence-electron chi connectivity index (χ1n) is 6.01. The van der Waals surface area contributed by atoms with Gasteiger partial charge in [0.25, 0.3) is 0 Å². The Hall–Kier alpha value is -2.77. The van der Waals surface area contributed by atoms with E-state index < -0.39 is 4.92 Å². The number of rotatable bonds is 6. The van der Waals surface area contributed by atoms with Gasteiger partial charge in [-0.3, -0.25) is 10.1 Å². The molecule has 8 nitrogen and oxygen atoms in total. The van der Waals surface area contributed by atoms with Crippen molar-refractivity contribution >= 4 is 11.9 Å². The molecule has 0 aliphatic carbocycles. The van der Waals surface area contributed by atoms with Crippen LogP contribution in [0.5, 0.6) is 5.75 Å². The van der Waals surface area contributed by atoms with Gasteiger partial charge < -0.3 is 4.74 Å². The van der Waals surface area contributed by atoms with Crippen molar-refractivity contribution < 1.29 is 9.66 Å². The van der Waals surface area contributed by atoms with E-state index in [0.717, 1.165) is 6.42 Å². The first-order valence-corrected chi connectivity index (χ1v) is 6.01. The summed E-state index contributed by atoms with van der Waals surface area (Å²) in [5.41, 5.74) is 0.514. The zero-order valence-corrected chi connectivity index (χ0v) is 10.8. The van der Waals surface area contributed by atoms with E-state index >= 15 is 0 Å². The lowest BCUT2D eigenvalue weighted by Crippen LogP contribution is -2.00. The Morgan fingerprint density at radius 2 is 2.20 bits per heavy atom. The van der Waals surface area contributed by atoms with Crippen LogP contribution < -0.4 is 4.74 Å². The highest BCUT2D eigenvalue weighted by molar-refractivity contribution is 5.81. The third-order valence-corrected chi connectivity index (χ3v) is 2.39. The maximum atomic E-state index is 11.0. The minimum Gasteiger partial charge on any atom is -0.487 e. The van der Waals surface area contributed by atoms with Gasteiger partial charge in [0.05, 0.1) is 17.7 Å². The summed E-state index contributed by atoms with van der Waals surface area (Å²) in [5, 5.41) is 22.3. The average molecular weight is 275 g/mol. The fourth-order valence-corrected chi connectivity index (χ4v) is 1.48. The Bertz CT molecular complexity index is 610. The number of aromatic nitrogens is 3. The molecule has 0 unspecified atom stereocenters. The van der Waals surface area contributed by atoms with Crippen molar-refractivity contribution in [1.29, 1.82) is 0 Å². The van der Waals surface area contributed by atoms with Gasteiger partial charge in [-0.25, -0.2) is 4.68 Å². The van der Waals surface area contributed by atoms with Gasteiger partial charge >= 0.3 is 5.69 Å². The fraction of sp³-hybridized carbons (Fsp3) is 0.250. The van der Waals surface area contributed by atoms with Crippen LogP contribution in [0.1, 0.15) is 18.9 Å². The van der Waals surface area contributed by atoms with E-state index in [2.05, 4.69) is 15.3 Å². The molecule has 1 heterocycles. The van der Waals surface area contributed by atoms with Gasteiger partial charge in [0.2, 0.25) is 0 Å². The molecular weight excluding hydrogens is 262 g/mol. The second-order valence-electron chi connectivity index (χ2n) is 3.92. The molecule has 0 N–H and O–H groups in total. The van der Waals surface area contributed by atoms with Crippen LogP contribution in [0, 0.1) is 10.1 Å². The molecule has 8 heteroatoms. The average Bonchev–Trinajstić information content (AvgIpc) is 2.96. The molecule has 0 spiro atoms. The van der Waals surface area contributed by atoms with E-state index in [9.17, 15) is 10.1 Å². The molecule has 0 saturated carbocycles. The number of hydrogen-bond donors (Lipinski definition) is 0. The second kappa shape index (κ2) is 6.41. The topological polar surface area (TPSA) is 95.4 Å². The molecule has 1 aromatic carbocycles. The van der Waals surface area contributed by atoms with Crippen LogP contribution in [0.2, 0.25) is 0 Å². The van der Waals surface area contributed by atoms with Crippen LogP contribution in [0.3, 0.4) is 0 Å². The first kappa shape index (κ1) is 13.7. The highest BCUT2D eigenvalue weighted by atomic mass is 16.6. The largest absolute Gasteiger partial charge is 0.487 e. The minimum absolute atomic E-state index is 0.0776. The lowest BCUT2D eigenvalue weighted by atomic mass is 10.2. The number of nitrogens with zero attached hydrogens (tertiary/aromatic N) is 5. The van der Waals surface area contributed by atoms with E-state index in [0.29, 0.717) is 12.2 Å². The zero-order chi connectivity index (χ0) is 14.4. The van der Waals surface area contributed by atoms with Crippen LogP contribution >= 0.6 is 0 Å². The standard InChI is InChI=1S/C12H13N5O3/c1-2-5-20-12-4-3-10(6-11(12)17(18)19)7-15-16-8-13-14-9-16/h3-4,6-9H,2,5H2,1H3/b15-7-. The Morgan fingerprint density at radius 3 is 2.85 bits per heavy atom. The summed E-state index contributed by atoms with van der Waals surface area (Å²) in [6.07, 6.45) is 5.11. The summed E-state index contributed by atoms with van der Waals surface area (Å²) < 4.78 is 6.74. The van der Waals surface area contributed by atoms with Crippen molar-refractivity contribution in [2.75, 3.05) is 6.61 Å². The maximum Gasteiger partial charge on any atom is 0.311 e. The van der Waals surface area contributed by atoms with Crippen molar-refractivity contribution in [3.05, 3.63) is 46.5 Å². The van der Waals surface area contributed by atoms with E-state index in [1.165, 1.54) is 29.6 Å². The predicted molar refractivity (Wildman–Crippen MR) is 71.9 cm³/mol. The van der Waals surface area contributed by atoms with E-state index in [1.54, 1.807) is 12.1 Å². The summed E-state index contributed by atoms with van der Waals surface area (Å²) in [7, 11) is 0. The van der Waals surface area contributed by atoms with Gasteiger partial charge in [0.15, 0.2) is 5.75 Å². The molecule has 0 aliphatic heterocycles. The SMILES string of the molecule is CCCOc1ccc(/C=N\n2cnnc2)cc1[N+](=O)[O-]. The Morgan fingerprint density at radius 1 is 1.45 bits per heavy atom. The molecule has 2 rings (SSSR count). The van der Waals surface area contributed by atoms with Gasteiger partial charge in [-0.05, 0) is 18.6 Å². The molecule has 20 heavy (non-hydrogen) atoms. The normalized spacial score (nSPS) is 10.8. The van der Waals surface area contributed by atoms with Crippen LogP contribution in [0.4, 0.5) is 5.69 Å². The monoisotopic (exact) mass is 275 g/mol. The molecule has 0 fully saturated rings. The van der Waals surface area contributed by atoms with E-state index in [4.69, 9.17) is 4.74 Å². The van der Waals surface area contributed by atoms with Crippen LogP contribution in [0.15, 0.2) is 36.0 Å². The van der Waals surface area contributed by atoms with E-state index in [-0.39, 0.29) is 11.4 Å². The third kappa shape index (κ3) is 3.37. The molecule has 0 atom stereocenters. The lowest BCUT2D eigenvalue weighted by Gasteiger charge is -2.05. The molecule has 0 radical (unpaired) electrons. The van der Waals surface area contributed by atoms with Crippen molar-refractivity contribution in [1.82, 2.24) is 14.9 Å². The van der Waals surface area contributed by atoms with Crippen molar-refractivity contribution in [2.24, 2.45) is 5.10 Å². The van der Waals surface area contributed by atoms with Crippen molar-refractivity contribution in [2.45, 2.75) is 13.3 Å². The number of benzene rings is 1. The summed E-state index contributed by atoms with van der Waals surface area (Å²) in [6, 6.07) is 4.69. The highest BCUT2D eigenvalue weighted by Crippen LogP contribution is 2.27. The van der Waals surface area contributed by atoms with Gasteiger partial charge in [0.1, 0.15) is 12.7 Å². The third-order valence-electron chi connectivity index (χ3n) is 2.39. The van der Waals surface area contributed by atoms with Gasteiger partial charge in [0, 0.05) is 11.6 Å². The Kier molecular flexibility index (Phi) is 4.38. The number of nitro benzene ring substituents is 1. The van der Waals surface area contributed by atoms with E-state index in [1.807, 2.05) is 6.92 Å². The molecule has 0 aliphatic rings. The van der Waals surface area contributed by atoms with Gasteiger partial charge in [-0.1, -0.05) is 6.92 Å². The molecule has 0 saturated heterocycles. The van der Waals surface area contributed by atoms with Gasteiger partial charge in [-0.2, -0.15) is 5.10 Å². The fourth-order valence-electron chi connectivity index (χ4n) is 1.48. The molecule has 1 aromatic heterocycles. The summed E-state index contributed by atoms with van der Waals surface area (Å²) >= 11 is 0. The minimum atomic E-state index is -0.471. The van der Waals surface area contributed by atoms with Crippen molar-refractivity contribution in [3.8, 4) is 5.75 Å². The predicted octanol–water partition coefficient (Wildman–Crippen LogP) is 1.86. The summed E-state index contributed by atoms with van der Waals surface area (Å²) in [6.45, 7) is 2.38. The molecular formula is C12H13N5O3. The molecule has 2 aromatic rings. The quantitative estimate of drug-likeness (QED) is 0.455. The maximum absolute atomic E-state index is 11.0. The Balaban J connectivity index is 2.23. The second-order valence-corrected chi connectivity index (χ2v) is 3.92. The highest BCUT2D eigenvalue weighted by Gasteiger charge is 2.15. The van der Waals surface area contributed by atoms with Crippen LogP contribution in [0.25, 0.3) is 0 Å². The molecule has 0 bridgehead atoms. The number of hydrogen-bond acceptors (Lipinski definition) is 6. The number of ether oxygens (including phenoxy) is 1. The smallest absolute Gasteiger partial charge is 0.311 e. The lowest BCUT2D eigenvalue weighted by molar-refractivity contribution is -0.385. The summed E-state index contributed by atoms with van der Waals surface area (Å²) in [4.78, 5) is 10.6. The van der Waals surface area contributed by atoms with Crippen LogP contribution in [-0.2, 0) is 0 Å². The zero-order valence-electron chi connectivity index (χ0n) is 10.8. The van der Waals surface area contributed by atoms with Crippen molar-refractivity contribution in [3.63, 3.8) is 0 Å². The summed E-state index contributed by atoms with van der Waals surface area (Å²) in [5.74, 6) is 0.262. The number of nitro groups is 1.